The summed E-state index contributed by atoms with van der Waals surface area (Å²) in [5.74, 6) is -0.293. The van der Waals surface area contributed by atoms with E-state index >= 15 is 0 Å². The molecular weight excluding hydrogens is 601 g/mol. The molecule has 10 heteroatoms. The molecule has 3 fully saturated rings. The first-order chi connectivity index (χ1) is 22.0. The fraction of sp³-hybridized carbons (Fsp3) is 0.417. The smallest absolute Gasteiger partial charge is 0.329 e. The Labute approximate surface area is 268 Å². The van der Waals surface area contributed by atoms with E-state index in [1.807, 2.05) is 31.2 Å². The number of rotatable bonds is 6. The first kappa shape index (κ1) is 30.9. The fourth-order valence-electron chi connectivity index (χ4n) is 7.97. The molecule has 3 N–H and O–H groups in total. The summed E-state index contributed by atoms with van der Waals surface area (Å²) in [7, 11) is -4.24. The van der Waals surface area contributed by atoms with Gasteiger partial charge < -0.3 is 24.9 Å². The number of fused-ring (bicyclic) bond motifs is 2. The van der Waals surface area contributed by atoms with Crippen molar-refractivity contribution in [3.05, 3.63) is 95.1 Å². The van der Waals surface area contributed by atoms with Crippen LogP contribution in [0.4, 0.5) is 0 Å². The lowest BCUT2D eigenvalue weighted by atomic mass is 9.96. The van der Waals surface area contributed by atoms with Gasteiger partial charge in [-0.25, -0.2) is 0 Å². The Bertz CT molecular complexity index is 1780. The number of hydrogen-bond donors (Lipinski definition) is 3. The Morgan fingerprint density at radius 2 is 1.76 bits per heavy atom. The quantitative estimate of drug-likeness (QED) is 0.249. The molecule has 46 heavy (non-hydrogen) atoms. The largest absolute Gasteiger partial charge is 0.340 e. The molecule has 1 spiro atoms. The van der Waals surface area contributed by atoms with E-state index in [1.165, 1.54) is 5.56 Å². The van der Waals surface area contributed by atoms with Gasteiger partial charge in [-0.05, 0) is 85.9 Å². The van der Waals surface area contributed by atoms with Gasteiger partial charge in [0, 0.05) is 29.6 Å². The van der Waals surface area contributed by atoms with Crippen molar-refractivity contribution in [2.75, 3.05) is 6.54 Å². The molecule has 3 aromatic rings. The van der Waals surface area contributed by atoms with Crippen LogP contribution in [-0.2, 0) is 20.3 Å². The van der Waals surface area contributed by atoms with Gasteiger partial charge >= 0.3 is 7.60 Å². The van der Waals surface area contributed by atoms with E-state index in [2.05, 4.69) is 22.3 Å². The molecule has 3 aromatic carbocycles. The normalized spacial score (nSPS) is 26.8. The van der Waals surface area contributed by atoms with Crippen LogP contribution in [-0.4, -0.2) is 67.5 Å². The van der Waals surface area contributed by atoms with Gasteiger partial charge in [0.2, 0.25) is 11.8 Å². The number of hydrogen-bond acceptors (Lipinski definition) is 4. The second-order valence-electron chi connectivity index (χ2n) is 13.7. The van der Waals surface area contributed by atoms with Crippen molar-refractivity contribution in [3.8, 4) is 0 Å². The van der Waals surface area contributed by atoms with Gasteiger partial charge in [0.05, 0.1) is 6.16 Å². The predicted molar refractivity (Wildman–Crippen MR) is 175 cm³/mol. The van der Waals surface area contributed by atoms with Crippen molar-refractivity contribution in [3.63, 3.8) is 0 Å². The third-order valence-corrected chi connectivity index (χ3v) is 11.2. The SMILES string of the molecule is C/C1=C/C[C@H](NC(=O)c2ccc3ccc(CP(=O)(O)O)cc3c2)C(=O)N2[C@H](CC[C@H]2C(=O)N2CC(c3ccccc3)CC23CC3)C1. The molecule has 1 saturated carbocycles. The molecule has 3 amide bonds. The van der Waals surface area contributed by atoms with Gasteiger partial charge in [0.1, 0.15) is 12.1 Å². The van der Waals surface area contributed by atoms with Crippen molar-refractivity contribution in [2.45, 2.75) is 87.6 Å². The Balaban J connectivity index is 1.11. The highest BCUT2D eigenvalue weighted by molar-refractivity contribution is 7.50. The molecule has 4 atom stereocenters. The van der Waals surface area contributed by atoms with Crippen LogP contribution in [0.3, 0.4) is 0 Å². The number of likely N-dealkylation sites (tertiary alicyclic amines) is 1. The highest BCUT2D eigenvalue weighted by atomic mass is 31.2. The standard InChI is InChI=1S/C36H40N3O6P/c1-23-7-13-31(37-33(40)27-11-10-26-9-8-24(18-28(26)19-27)22-46(43,44)45)34(41)39-30(17-23)12-14-32(39)35(42)38-21-29(20-36(38)15-16-36)25-5-3-2-4-6-25/h2-11,18-19,29-32H,12-17,20-22H2,1H3,(H,37,40)(H2,43,44,45)/b23-7-/t29?,30-,31+,32+/m1/s1. The summed E-state index contributed by atoms with van der Waals surface area (Å²) in [6.45, 7) is 2.72. The summed E-state index contributed by atoms with van der Waals surface area (Å²) in [5, 5.41) is 4.47. The third kappa shape index (κ3) is 6.04. The number of amides is 3. The van der Waals surface area contributed by atoms with Gasteiger partial charge in [-0.2, -0.15) is 0 Å². The van der Waals surface area contributed by atoms with E-state index in [0.717, 1.165) is 43.1 Å². The zero-order chi connectivity index (χ0) is 32.2. The monoisotopic (exact) mass is 641 g/mol. The maximum absolute atomic E-state index is 14.3. The fourth-order valence-corrected chi connectivity index (χ4v) is 8.64. The van der Waals surface area contributed by atoms with Crippen LogP contribution in [0.1, 0.15) is 79.3 Å². The predicted octanol–water partition coefficient (Wildman–Crippen LogP) is 5.26. The highest BCUT2D eigenvalue weighted by Crippen LogP contribution is 2.54. The minimum Gasteiger partial charge on any atom is -0.340 e. The number of benzene rings is 3. The summed E-state index contributed by atoms with van der Waals surface area (Å²) >= 11 is 0. The van der Waals surface area contributed by atoms with Gasteiger partial charge in [-0.3, -0.25) is 18.9 Å². The molecule has 4 aliphatic rings. The number of carbonyl (C=O) groups excluding carboxylic acids is 3. The molecule has 0 aromatic heterocycles. The van der Waals surface area contributed by atoms with Gasteiger partial charge in [0.25, 0.3) is 5.91 Å². The maximum atomic E-state index is 14.3. The molecule has 1 unspecified atom stereocenters. The highest BCUT2D eigenvalue weighted by Gasteiger charge is 2.58. The molecule has 0 bridgehead atoms. The van der Waals surface area contributed by atoms with Crippen LogP contribution in [0.2, 0.25) is 0 Å². The van der Waals surface area contributed by atoms with Crippen molar-refractivity contribution >= 4 is 36.1 Å². The summed E-state index contributed by atoms with van der Waals surface area (Å²) in [4.78, 5) is 64.9. The van der Waals surface area contributed by atoms with E-state index in [9.17, 15) is 28.7 Å². The molecule has 3 heterocycles. The molecule has 7 rings (SSSR count). The van der Waals surface area contributed by atoms with Crippen LogP contribution in [0.5, 0.6) is 0 Å². The first-order valence-electron chi connectivity index (χ1n) is 16.2. The molecule has 9 nitrogen and oxygen atoms in total. The number of nitrogens with one attached hydrogen (secondary N) is 1. The Hall–Kier alpha value is -3.78. The first-order valence-corrected chi connectivity index (χ1v) is 18.0. The minimum atomic E-state index is -4.24. The lowest BCUT2D eigenvalue weighted by Crippen LogP contribution is -2.57. The minimum absolute atomic E-state index is 0.0414. The third-order valence-electron chi connectivity index (χ3n) is 10.4. The maximum Gasteiger partial charge on any atom is 0.329 e. The lowest BCUT2D eigenvalue weighted by molar-refractivity contribution is -0.147. The van der Waals surface area contributed by atoms with Crippen LogP contribution in [0, 0.1) is 0 Å². The molecule has 2 saturated heterocycles. The lowest BCUT2D eigenvalue weighted by Gasteiger charge is -2.37. The average Bonchev–Trinajstić information content (AvgIpc) is 3.52. The molecule has 3 aliphatic heterocycles. The van der Waals surface area contributed by atoms with E-state index < -0.39 is 25.6 Å². The molecule has 0 radical (unpaired) electrons. The van der Waals surface area contributed by atoms with E-state index in [4.69, 9.17) is 0 Å². The molecular formula is C36H40N3O6P. The van der Waals surface area contributed by atoms with E-state index in [1.54, 1.807) is 41.3 Å². The van der Waals surface area contributed by atoms with Crippen LogP contribution in [0.25, 0.3) is 10.8 Å². The number of nitrogens with zero attached hydrogens (tertiary/aromatic N) is 2. The summed E-state index contributed by atoms with van der Waals surface area (Å²) in [6, 6.07) is 19.2. The zero-order valence-corrected chi connectivity index (χ0v) is 26.9. The van der Waals surface area contributed by atoms with Crippen molar-refractivity contribution in [2.24, 2.45) is 0 Å². The van der Waals surface area contributed by atoms with E-state index in [-0.39, 0.29) is 29.6 Å². The summed E-state index contributed by atoms with van der Waals surface area (Å²) in [5.41, 5.74) is 3.12. The Kier molecular flexibility index (Phi) is 7.90. The summed E-state index contributed by atoms with van der Waals surface area (Å²) < 4.78 is 11.5. The number of carbonyl (C=O) groups is 3. The van der Waals surface area contributed by atoms with Crippen molar-refractivity contribution < 1.29 is 28.7 Å². The second-order valence-corrected chi connectivity index (χ2v) is 15.4. The Morgan fingerprint density at radius 1 is 1.00 bits per heavy atom. The molecule has 1 aliphatic carbocycles. The summed E-state index contributed by atoms with van der Waals surface area (Å²) in [6.07, 6.45) is 7.02. The Morgan fingerprint density at radius 3 is 2.50 bits per heavy atom. The molecule has 240 valence electrons. The van der Waals surface area contributed by atoms with Crippen molar-refractivity contribution in [1.82, 2.24) is 15.1 Å². The topological polar surface area (TPSA) is 127 Å². The average molecular weight is 642 g/mol. The van der Waals surface area contributed by atoms with Crippen LogP contribution in [0.15, 0.2) is 78.4 Å². The van der Waals surface area contributed by atoms with E-state index in [0.29, 0.717) is 41.8 Å². The van der Waals surface area contributed by atoms with Crippen molar-refractivity contribution in [1.29, 1.82) is 0 Å². The van der Waals surface area contributed by atoms with Gasteiger partial charge in [-0.15, -0.1) is 0 Å². The zero-order valence-electron chi connectivity index (χ0n) is 26.0. The van der Waals surface area contributed by atoms with Gasteiger partial charge in [0.15, 0.2) is 0 Å². The second kappa shape index (κ2) is 11.8. The van der Waals surface area contributed by atoms with Gasteiger partial charge in [-0.1, -0.05) is 66.2 Å². The van der Waals surface area contributed by atoms with Crippen LogP contribution < -0.4 is 5.32 Å². The van der Waals surface area contributed by atoms with Crippen LogP contribution >= 0.6 is 7.60 Å².